The Bertz CT molecular complexity index is 2150. The van der Waals surface area contributed by atoms with Gasteiger partial charge in [0.25, 0.3) is 5.97 Å². The molecule has 0 radical (unpaired) electrons. The summed E-state index contributed by atoms with van der Waals surface area (Å²) in [6.45, 7) is 16.1. The summed E-state index contributed by atoms with van der Waals surface area (Å²) in [6.07, 6.45) is -6.67. The van der Waals surface area contributed by atoms with Gasteiger partial charge in [-0.3, -0.25) is 24.0 Å². The van der Waals surface area contributed by atoms with Crippen LogP contribution in [0.2, 0.25) is 0 Å². The van der Waals surface area contributed by atoms with Crippen molar-refractivity contribution >= 4 is 35.8 Å². The van der Waals surface area contributed by atoms with E-state index >= 15 is 0 Å². The topological polar surface area (TPSA) is 239 Å². The molecule has 4 saturated carbocycles. The first-order valence-corrected chi connectivity index (χ1v) is 20.5. The van der Waals surface area contributed by atoms with E-state index in [0.717, 1.165) is 20.8 Å². The molecule has 4 bridgehead atoms. The number of aliphatic hydroxyl groups excluding tert-OH is 1. The van der Waals surface area contributed by atoms with Crippen molar-refractivity contribution in [1.29, 1.82) is 0 Å². The minimum atomic E-state index is -2.63. The van der Waals surface area contributed by atoms with Gasteiger partial charge in [-0.25, -0.2) is 4.79 Å². The van der Waals surface area contributed by atoms with Crippen LogP contribution in [0.15, 0.2) is 34.3 Å². The first-order valence-electron chi connectivity index (χ1n) is 20.5. The number of methoxy groups -OCH3 is 1. The summed E-state index contributed by atoms with van der Waals surface area (Å²) in [7, 11) is 1.19. The van der Waals surface area contributed by atoms with E-state index in [1.807, 2.05) is 0 Å². The molecule has 4 heterocycles. The molecule has 15 atom stereocenters. The van der Waals surface area contributed by atoms with Crippen LogP contribution in [-0.2, 0) is 71.4 Å². The van der Waals surface area contributed by atoms with E-state index < -0.39 is 152 Å². The lowest BCUT2D eigenvalue weighted by Crippen LogP contribution is -2.97. The number of hydrogen-bond donors (Lipinski definition) is 2. The third-order valence-corrected chi connectivity index (χ3v) is 15.3. The first kappa shape index (κ1) is 43.1. The normalized spacial score (nSPS) is 46.7. The van der Waals surface area contributed by atoms with Crippen LogP contribution in [-0.4, -0.2) is 106 Å². The van der Waals surface area contributed by atoms with E-state index in [2.05, 4.69) is 0 Å². The van der Waals surface area contributed by atoms with Gasteiger partial charge in [-0.2, -0.15) is 0 Å². The van der Waals surface area contributed by atoms with E-state index in [9.17, 15) is 39.0 Å². The predicted molar refractivity (Wildman–Crippen MR) is 201 cm³/mol. The Morgan fingerprint density at radius 3 is 2.02 bits per heavy atom. The van der Waals surface area contributed by atoms with Gasteiger partial charge in [0, 0.05) is 62.3 Å². The molecule has 7 fully saturated rings. The summed E-state index contributed by atoms with van der Waals surface area (Å²) in [5, 5.41) is 26.6. The Balaban J connectivity index is 1.62. The smallest absolute Gasteiger partial charge is 0.338 e. The second kappa shape index (κ2) is 13.0. The Morgan fingerprint density at radius 1 is 0.852 bits per heavy atom. The number of hydrogen-bond acceptors (Lipinski definition) is 18. The van der Waals surface area contributed by atoms with Crippen LogP contribution in [0.1, 0.15) is 101 Å². The number of carbonyl (C=O) groups is 6. The molecule has 3 saturated heterocycles. The van der Waals surface area contributed by atoms with Crippen LogP contribution in [0.25, 0.3) is 0 Å². The Labute approximate surface area is 351 Å². The lowest BCUT2D eigenvalue weighted by Gasteiger charge is -2.78. The summed E-state index contributed by atoms with van der Waals surface area (Å²) >= 11 is 0. The molecule has 1 aromatic rings. The van der Waals surface area contributed by atoms with E-state index in [1.165, 1.54) is 32.6 Å². The number of aliphatic hydroxyl groups is 2. The van der Waals surface area contributed by atoms with Crippen molar-refractivity contribution in [3.05, 3.63) is 35.5 Å². The molecule has 3 unspecified atom stereocenters. The average Bonchev–Trinajstić information content (AvgIpc) is 3.86. The number of furan rings is 1. The fraction of sp³-hybridized carbons (Fsp3) is 0.721. The zero-order valence-electron chi connectivity index (χ0n) is 36.3. The third-order valence-electron chi connectivity index (χ3n) is 15.3. The highest BCUT2D eigenvalue weighted by Crippen LogP contribution is 2.90. The van der Waals surface area contributed by atoms with Crippen molar-refractivity contribution in [3.63, 3.8) is 0 Å². The minimum Gasteiger partial charge on any atom is -0.511 e. The molecule has 1 aromatic heterocycles. The largest absolute Gasteiger partial charge is 0.511 e. The number of esters is 6. The molecule has 0 aromatic carbocycles. The van der Waals surface area contributed by atoms with Gasteiger partial charge in [0.2, 0.25) is 0 Å². The first-order chi connectivity index (χ1) is 28.3. The highest BCUT2D eigenvalue weighted by atomic mass is 16.9. The lowest BCUT2D eigenvalue weighted by molar-refractivity contribution is -0.490. The zero-order valence-corrected chi connectivity index (χ0v) is 36.3. The van der Waals surface area contributed by atoms with Crippen molar-refractivity contribution in [2.24, 2.45) is 39.9 Å². The summed E-state index contributed by atoms with van der Waals surface area (Å²) in [4.78, 5) is 83.8. The molecule has 18 nitrogen and oxygen atoms in total. The van der Waals surface area contributed by atoms with Gasteiger partial charge in [0.15, 0.2) is 35.1 Å². The minimum absolute atomic E-state index is 0.185. The van der Waals surface area contributed by atoms with E-state index in [1.54, 1.807) is 48.5 Å². The highest BCUT2D eigenvalue weighted by Gasteiger charge is 3.07. The molecular weight excluding hydrogens is 804 g/mol. The Kier molecular flexibility index (Phi) is 9.21. The molecule has 7 aliphatic rings. The Hall–Kier alpha value is -4.52. The van der Waals surface area contributed by atoms with Crippen molar-refractivity contribution in [1.82, 2.24) is 0 Å². The summed E-state index contributed by atoms with van der Waals surface area (Å²) < 4.78 is 64.1. The van der Waals surface area contributed by atoms with Crippen molar-refractivity contribution in [2.45, 2.75) is 148 Å². The monoisotopic (exact) mass is 858 g/mol. The van der Waals surface area contributed by atoms with Crippen LogP contribution in [0.4, 0.5) is 0 Å². The predicted octanol–water partition coefficient (Wildman–Crippen LogP) is 3.67. The van der Waals surface area contributed by atoms with Gasteiger partial charge in [-0.15, -0.1) is 0 Å². The van der Waals surface area contributed by atoms with Crippen LogP contribution in [0.3, 0.4) is 0 Å². The van der Waals surface area contributed by atoms with Crippen molar-refractivity contribution in [2.75, 3.05) is 7.11 Å². The number of fused-ring (bicyclic) bond motifs is 3. The van der Waals surface area contributed by atoms with E-state index in [4.69, 9.17) is 47.0 Å². The summed E-state index contributed by atoms with van der Waals surface area (Å²) in [5.74, 6) is -12.4. The fourth-order valence-corrected chi connectivity index (χ4v) is 13.7. The molecule has 18 heteroatoms. The highest BCUT2D eigenvalue weighted by molar-refractivity contribution is 5.92. The fourth-order valence-electron chi connectivity index (χ4n) is 13.7. The van der Waals surface area contributed by atoms with Crippen molar-refractivity contribution in [3.8, 4) is 0 Å². The van der Waals surface area contributed by atoms with Gasteiger partial charge in [-0.1, -0.05) is 48.5 Å². The maximum atomic E-state index is 15.0. The third kappa shape index (κ3) is 4.77. The quantitative estimate of drug-likeness (QED) is 0.156. The van der Waals surface area contributed by atoms with Gasteiger partial charge in [0.05, 0.1) is 36.5 Å². The van der Waals surface area contributed by atoms with Crippen LogP contribution in [0.5, 0.6) is 0 Å². The molecule has 3 aliphatic heterocycles. The molecule has 61 heavy (non-hydrogen) atoms. The molecule has 334 valence electrons. The SMILES string of the molecule is COC(=O)C[C@@H]1C2(C)C34O[C@]5(C)O[C@]3([C@@H]3/C(=C(\O)C(C)C)C(=O)O[C@@H](c6ccoc6)[C@]3(C)C(OC(C)=O)[C@@H]4OC(C)=O)[C@H](OC(C)=O)[C@@]3(O)[C@@H](OC(=O)C(C)C)[C@]1(C)C[C@@]23O5. The molecular formula is C43H54O18. The number of rotatable bonds is 9. The molecule has 0 amide bonds. The van der Waals surface area contributed by atoms with Crippen LogP contribution >= 0.6 is 0 Å². The number of allylic oxidation sites excluding steroid dienone is 1. The van der Waals surface area contributed by atoms with Gasteiger partial charge < -0.3 is 57.3 Å². The molecule has 4 aliphatic carbocycles. The van der Waals surface area contributed by atoms with Gasteiger partial charge in [-0.05, 0) is 18.4 Å². The number of carbonyl (C=O) groups excluding carboxylic acids is 6. The number of cyclic esters (lactones) is 1. The summed E-state index contributed by atoms with van der Waals surface area (Å²) in [5.41, 5.74) is -15.1. The maximum absolute atomic E-state index is 15.0. The second-order valence-electron chi connectivity index (χ2n) is 19.2. The van der Waals surface area contributed by atoms with Crippen LogP contribution < -0.4 is 0 Å². The second-order valence-corrected chi connectivity index (χ2v) is 19.2. The van der Waals surface area contributed by atoms with E-state index in [-0.39, 0.29) is 12.0 Å². The Morgan fingerprint density at radius 2 is 1.48 bits per heavy atom. The average molecular weight is 859 g/mol. The van der Waals surface area contributed by atoms with Crippen molar-refractivity contribution < 1.29 is 86.0 Å². The van der Waals surface area contributed by atoms with Gasteiger partial charge in [0.1, 0.15) is 23.6 Å². The van der Waals surface area contributed by atoms with Gasteiger partial charge >= 0.3 is 35.8 Å². The maximum Gasteiger partial charge on any atom is 0.338 e. The molecule has 8 rings (SSSR count). The molecule has 2 N–H and O–H groups in total. The lowest BCUT2D eigenvalue weighted by atomic mass is 9.32. The zero-order chi connectivity index (χ0) is 45.0. The molecule has 2 spiro atoms. The summed E-state index contributed by atoms with van der Waals surface area (Å²) in [6, 6.07) is 1.51. The van der Waals surface area contributed by atoms with E-state index in [0.29, 0.717) is 0 Å². The number of ether oxygens (including phenoxy) is 9. The van der Waals surface area contributed by atoms with Crippen LogP contribution in [0, 0.1) is 39.9 Å². The standard InChI is InChI=1S/C43H54O18/c1-18(2)27(48)26-28-37(9,29(57-33(26)50)23-13-14-53-16-23)30(54-20(5)44)31(55-21(6)45)43-38(10)24(15-25(47)52-12)36(8)17-40(38)41(51,34(36)58-32(49)19(3)4)35(56-22(7)46)42(28,43)60-39(11,59-40)61-43/h13-14,16,18-19,24,28-31,34-35,48,51H,15,17H2,1-12H3/b27-26+/t24-,28+,29-,30?,31-,34-,35+,36+,37+,38?,39-,40+,41-,42+,43?/m0/s1.